The zero-order valence-corrected chi connectivity index (χ0v) is 10.8. The Labute approximate surface area is 106 Å². The minimum atomic E-state index is -0.459. The summed E-state index contributed by atoms with van der Waals surface area (Å²) in [6.45, 7) is 2.22. The van der Waals surface area contributed by atoms with Gasteiger partial charge in [0.1, 0.15) is 0 Å². The average Bonchev–Trinajstić information content (AvgIpc) is 2.63. The molecule has 0 atom stereocenters. The highest BCUT2D eigenvalue weighted by molar-refractivity contribution is 5.93. The molecule has 0 radical (unpaired) electrons. The SMILES string of the molecule is CCc1nn(C)c(C(=O)OCCCCC#N)c1N. The number of anilines is 1. The molecule has 0 unspecified atom stereocenters. The van der Waals surface area contributed by atoms with E-state index in [1.165, 1.54) is 4.68 Å². The molecule has 0 bridgehead atoms. The summed E-state index contributed by atoms with van der Waals surface area (Å²) in [5, 5.41) is 12.5. The lowest BCUT2D eigenvalue weighted by Gasteiger charge is -2.04. The molecule has 18 heavy (non-hydrogen) atoms. The molecule has 0 aromatic carbocycles. The Morgan fingerprint density at radius 3 is 2.83 bits per heavy atom. The molecular weight excluding hydrogens is 232 g/mol. The largest absolute Gasteiger partial charge is 0.461 e. The van der Waals surface area contributed by atoms with E-state index in [4.69, 9.17) is 15.7 Å². The van der Waals surface area contributed by atoms with Crippen LogP contribution >= 0.6 is 0 Å². The molecule has 98 valence electrons. The number of nitrogens with two attached hydrogens (primary N) is 1. The predicted molar refractivity (Wildman–Crippen MR) is 66.7 cm³/mol. The number of nitriles is 1. The first-order valence-corrected chi connectivity index (χ1v) is 5.97. The van der Waals surface area contributed by atoms with Gasteiger partial charge in [-0.15, -0.1) is 0 Å². The van der Waals surface area contributed by atoms with Crippen molar-refractivity contribution in [2.45, 2.75) is 32.6 Å². The minimum Gasteiger partial charge on any atom is -0.461 e. The van der Waals surface area contributed by atoms with Crippen molar-refractivity contribution in [2.75, 3.05) is 12.3 Å². The quantitative estimate of drug-likeness (QED) is 0.608. The van der Waals surface area contributed by atoms with Gasteiger partial charge < -0.3 is 10.5 Å². The zero-order chi connectivity index (χ0) is 13.5. The van der Waals surface area contributed by atoms with Gasteiger partial charge in [-0.05, 0) is 19.3 Å². The number of nitrogens with zero attached hydrogens (tertiary/aromatic N) is 3. The summed E-state index contributed by atoms with van der Waals surface area (Å²) in [6, 6.07) is 2.04. The van der Waals surface area contributed by atoms with Crippen molar-refractivity contribution in [1.29, 1.82) is 5.26 Å². The van der Waals surface area contributed by atoms with E-state index in [-0.39, 0.29) is 0 Å². The van der Waals surface area contributed by atoms with Crippen molar-refractivity contribution in [3.63, 3.8) is 0 Å². The Morgan fingerprint density at radius 2 is 2.28 bits per heavy atom. The number of hydrogen-bond acceptors (Lipinski definition) is 5. The molecule has 6 nitrogen and oxygen atoms in total. The molecule has 0 aliphatic rings. The van der Waals surface area contributed by atoms with Crippen LogP contribution in [0.5, 0.6) is 0 Å². The lowest BCUT2D eigenvalue weighted by molar-refractivity contribution is 0.0487. The van der Waals surface area contributed by atoms with E-state index in [1.54, 1.807) is 7.05 Å². The Hall–Kier alpha value is -2.03. The molecule has 0 fully saturated rings. The number of nitrogen functional groups attached to an aromatic ring is 1. The van der Waals surface area contributed by atoms with Crippen molar-refractivity contribution in [2.24, 2.45) is 7.05 Å². The average molecular weight is 250 g/mol. The summed E-state index contributed by atoms with van der Waals surface area (Å²) < 4.78 is 6.56. The number of hydrogen-bond donors (Lipinski definition) is 1. The summed E-state index contributed by atoms with van der Waals surface area (Å²) in [5.74, 6) is -0.459. The van der Waals surface area contributed by atoms with Gasteiger partial charge >= 0.3 is 5.97 Å². The topological polar surface area (TPSA) is 93.9 Å². The van der Waals surface area contributed by atoms with Gasteiger partial charge in [-0.2, -0.15) is 10.4 Å². The molecule has 0 saturated heterocycles. The van der Waals surface area contributed by atoms with Gasteiger partial charge in [-0.1, -0.05) is 6.92 Å². The van der Waals surface area contributed by atoms with Crippen LogP contribution < -0.4 is 5.73 Å². The van der Waals surface area contributed by atoms with Gasteiger partial charge in [0.05, 0.1) is 24.1 Å². The van der Waals surface area contributed by atoms with Crippen LogP contribution in [0, 0.1) is 11.3 Å². The van der Waals surface area contributed by atoms with Crippen LogP contribution in [0.3, 0.4) is 0 Å². The van der Waals surface area contributed by atoms with Crippen LogP contribution in [-0.4, -0.2) is 22.4 Å². The third-order valence-corrected chi connectivity index (χ3v) is 2.60. The third-order valence-electron chi connectivity index (χ3n) is 2.60. The molecule has 0 aliphatic heterocycles. The smallest absolute Gasteiger partial charge is 0.358 e. The standard InChI is InChI=1S/C12H18N4O2/c1-3-9-10(14)11(16(2)15-9)12(17)18-8-6-4-5-7-13/h3-6,8,14H2,1-2H3. The monoisotopic (exact) mass is 250 g/mol. The Balaban J connectivity index is 2.57. The number of esters is 1. The number of carbonyl (C=O) groups excluding carboxylic acids is 1. The van der Waals surface area contributed by atoms with Crippen LogP contribution in [0.4, 0.5) is 5.69 Å². The second-order valence-electron chi connectivity index (χ2n) is 3.94. The van der Waals surface area contributed by atoms with E-state index < -0.39 is 5.97 Å². The van der Waals surface area contributed by atoms with E-state index in [0.717, 1.165) is 6.42 Å². The van der Waals surface area contributed by atoms with E-state index in [2.05, 4.69) is 5.10 Å². The molecule has 1 heterocycles. The summed E-state index contributed by atoms with van der Waals surface area (Å²) >= 11 is 0. The number of carbonyl (C=O) groups is 1. The first-order valence-electron chi connectivity index (χ1n) is 5.97. The lowest BCUT2D eigenvalue weighted by atomic mass is 10.2. The fourth-order valence-electron chi connectivity index (χ4n) is 1.64. The summed E-state index contributed by atoms with van der Waals surface area (Å²) in [5.41, 5.74) is 7.23. The molecule has 0 spiro atoms. The Morgan fingerprint density at radius 1 is 1.56 bits per heavy atom. The van der Waals surface area contributed by atoms with E-state index in [0.29, 0.717) is 42.9 Å². The van der Waals surface area contributed by atoms with Gasteiger partial charge in [-0.25, -0.2) is 4.79 Å². The van der Waals surface area contributed by atoms with Crippen LogP contribution in [-0.2, 0) is 18.2 Å². The van der Waals surface area contributed by atoms with Gasteiger partial charge in [-0.3, -0.25) is 4.68 Å². The molecule has 1 rings (SSSR count). The van der Waals surface area contributed by atoms with Crippen molar-refractivity contribution >= 4 is 11.7 Å². The second-order valence-corrected chi connectivity index (χ2v) is 3.94. The summed E-state index contributed by atoms with van der Waals surface area (Å²) in [4.78, 5) is 11.8. The molecular formula is C12H18N4O2. The first-order chi connectivity index (χ1) is 8.61. The minimum absolute atomic E-state index is 0.298. The van der Waals surface area contributed by atoms with Crippen molar-refractivity contribution in [1.82, 2.24) is 9.78 Å². The van der Waals surface area contributed by atoms with E-state index in [1.807, 2.05) is 13.0 Å². The molecule has 2 N–H and O–H groups in total. The Kier molecular flexibility index (Phi) is 5.18. The highest BCUT2D eigenvalue weighted by Crippen LogP contribution is 2.17. The number of aryl methyl sites for hydroxylation is 2. The van der Waals surface area contributed by atoms with Crippen LogP contribution in [0.15, 0.2) is 0 Å². The number of unbranched alkanes of at least 4 members (excludes halogenated alkanes) is 2. The maximum Gasteiger partial charge on any atom is 0.358 e. The van der Waals surface area contributed by atoms with Crippen molar-refractivity contribution in [3.8, 4) is 6.07 Å². The predicted octanol–water partition coefficient (Wildman–Crippen LogP) is 1.42. The normalized spacial score (nSPS) is 10.1. The third kappa shape index (κ3) is 3.23. The van der Waals surface area contributed by atoms with Gasteiger partial charge in [0.25, 0.3) is 0 Å². The molecule has 0 saturated carbocycles. The van der Waals surface area contributed by atoms with Gasteiger partial charge in [0.15, 0.2) is 5.69 Å². The van der Waals surface area contributed by atoms with Gasteiger partial charge in [0, 0.05) is 13.5 Å². The molecule has 1 aromatic rings. The summed E-state index contributed by atoms with van der Waals surface area (Å²) in [6.07, 6.45) is 2.56. The number of aromatic nitrogens is 2. The molecule has 1 aromatic heterocycles. The maximum atomic E-state index is 11.8. The highest BCUT2D eigenvalue weighted by atomic mass is 16.5. The van der Waals surface area contributed by atoms with E-state index in [9.17, 15) is 4.79 Å². The van der Waals surface area contributed by atoms with Gasteiger partial charge in [0.2, 0.25) is 0 Å². The second kappa shape index (κ2) is 6.64. The van der Waals surface area contributed by atoms with Crippen LogP contribution in [0.25, 0.3) is 0 Å². The molecule has 6 heteroatoms. The van der Waals surface area contributed by atoms with E-state index >= 15 is 0 Å². The number of rotatable bonds is 6. The molecule has 0 aliphatic carbocycles. The fraction of sp³-hybridized carbons (Fsp3) is 0.583. The van der Waals surface area contributed by atoms with Crippen LogP contribution in [0.2, 0.25) is 0 Å². The first kappa shape index (κ1) is 14.0. The Bertz CT molecular complexity index is 459. The maximum absolute atomic E-state index is 11.8. The van der Waals surface area contributed by atoms with Crippen LogP contribution in [0.1, 0.15) is 42.4 Å². The fourth-order valence-corrected chi connectivity index (χ4v) is 1.64. The number of ether oxygens (including phenoxy) is 1. The highest BCUT2D eigenvalue weighted by Gasteiger charge is 2.20. The summed E-state index contributed by atoms with van der Waals surface area (Å²) in [7, 11) is 1.67. The lowest BCUT2D eigenvalue weighted by Crippen LogP contribution is -2.13. The van der Waals surface area contributed by atoms with Crippen molar-refractivity contribution in [3.05, 3.63) is 11.4 Å². The zero-order valence-electron chi connectivity index (χ0n) is 10.8. The molecule has 0 amide bonds. The van der Waals surface area contributed by atoms with Crippen molar-refractivity contribution < 1.29 is 9.53 Å².